The third-order valence-electron chi connectivity index (χ3n) is 5.11. The number of likely N-dealkylation sites (tertiary alicyclic amines) is 1. The summed E-state index contributed by atoms with van der Waals surface area (Å²) in [5, 5.41) is 4.51. The fourth-order valence-electron chi connectivity index (χ4n) is 3.68. The van der Waals surface area contributed by atoms with E-state index in [0.29, 0.717) is 13.1 Å². The summed E-state index contributed by atoms with van der Waals surface area (Å²) in [6, 6.07) is 10.3. The predicted octanol–water partition coefficient (Wildman–Crippen LogP) is 3.10. The summed E-state index contributed by atoms with van der Waals surface area (Å²) in [5.74, 6) is 0.885. The number of benzene rings is 1. The highest BCUT2D eigenvalue weighted by Crippen LogP contribution is 2.24. The van der Waals surface area contributed by atoms with E-state index in [1.54, 1.807) is 0 Å². The topological polar surface area (TPSA) is 66.8 Å². The minimum Gasteiger partial charge on any atom is -0.469 e. The largest absolute Gasteiger partial charge is 0.469 e. The van der Waals surface area contributed by atoms with Gasteiger partial charge in [0.25, 0.3) is 0 Å². The van der Waals surface area contributed by atoms with Crippen LogP contribution in [0.1, 0.15) is 19.4 Å². The Bertz CT molecular complexity index is 822. The first kappa shape index (κ1) is 22.4. The number of guanidine groups is 1. The Morgan fingerprint density at radius 2 is 2.11 bits per heavy atom. The van der Waals surface area contributed by atoms with Gasteiger partial charge in [-0.15, -0.1) is 24.0 Å². The molecular weight excluding hydrogens is 467 g/mol. The smallest absolute Gasteiger partial charge is 0.310 e. The maximum absolute atomic E-state index is 12.0. The lowest BCUT2D eigenvalue weighted by Gasteiger charge is -2.21. The number of halogens is 1. The van der Waals surface area contributed by atoms with Gasteiger partial charge in [0.05, 0.1) is 18.5 Å². The lowest BCUT2D eigenvalue weighted by molar-refractivity contribution is -0.145. The fourth-order valence-corrected chi connectivity index (χ4v) is 3.68. The van der Waals surface area contributed by atoms with E-state index in [9.17, 15) is 4.79 Å². The zero-order chi connectivity index (χ0) is 19.2. The second kappa shape index (κ2) is 10.6. The van der Waals surface area contributed by atoms with E-state index in [1.807, 2.05) is 12.3 Å². The fraction of sp³-hybridized carbons (Fsp3) is 0.476. The Labute approximate surface area is 183 Å². The number of nitrogens with one attached hydrogen (secondary N) is 1. The average molecular weight is 496 g/mol. The Morgan fingerprint density at radius 1 is 1.32 bits per heavy atom. The van der Waals surface area contributed by atoms with E-state index in [2.05, 4.69) is 53.3 Å². The van der Waals surface area contributed by atoms with Gasteiger partial charge in [-0.05, 0) is 30.9 Å². The highest BCUT2D eigenvalue weighted by atomic mass is 127. The molecule has 2 atom stereocenters. The zero-order valence-electron chi connectivity index (χ0n) is 16.7. The summed E-state index contributed by atoms with van der Waals surface area (Å²) < 4.78 is 4.94. The van der Waals surface area contributed by atoms with Crippen molar-refractivity contribution in [2.24, 2.45) is 16.8 Å². The maximum atomic E-state index is 12.0. The SMILES string of the molecule is CCNC(=NCCc1cccc2cccnc12)N1CC(C)C(C(=O)OC)C1.I. The molecule has 0 amide bonds. The summed E-state index contributed by atoms with van der Waals surface area (Å²) >= 11 is 0. The molecule has 0 spiro atoms. The molecule has 1 aliphatic rings. The summed E-state index contributed by atoms with van der Waals surface area (Å²) in [5.41, 5.74) is 2.25. The van der Waals surface area contributed by atoms with Gasteiger partial charge in [-0.25, -0.2) is 0 Å². The minimum atomic E-state index is -0.136. The molecule has 1 aromatic carbocycles. The number of fused-ring (bicyclic) bond motifs is 1. The van der Waals surface area contributed by atoms with Gasteiger partial charge in [0.2, 0.25) is 0 Å². The average Bonchev–Trinajstić information content (AvgIpc) is 3.08. The van der Waals surface area contributed by atoms with Crippen LogP contribution in [-0.4, -0.2) is 55.1 Å². The van der Waals surface area contributed by atoms with Crippen molar-refractivity contribution < 1.29 is 9.53 Å². The van der Waals surface area contributed by atoms with Crippen molar-refractivity contribution >= 4 is 46.8 Å². The van der Waals surface area contributed by atoms with Gasteiger partial charge in [0.1, 0.15) is 0 Å². The molecule has 2 unspecified atom stereocenters. The van der Waals surface area contributed by atoms with Crippen LogP contribution in [0.5, 0.6) is 0 Å². The molecule has 0 saturated carbocycles. The van der Waals surface area contributed by atoms with E-state index in [1.165, 1.54) is 12.7 Å². The lowest BCUT2D eigenvalue weighted by atomic mass is 9.99. The molecule has 152 valence electrons. The summed E-state index contributed by atoms with van der Waals surface area (Å²) in [4.78, 5) is 23.4. The van der Waals surface area contributed by atoms with Crippen molar-refractivity contribution in [3.8, 4) is 0 Å². The van der Waals surface area contributed by atoms with Gasteiger partial charge in [-0.3, -0.25) is 14.8 Å². The van der Waals surface area contributed by atoms with E-state index in [-0.39, 0.29) is 41.8 Å². The van der Waals surface area contributed by atoms with Crippen LogP contribution < -0.4 is 5.32 Å². The van der Waals surface area contributed by atoms with Gasteiger partial charge < -0.3 is 15.0 Å². The molecule has 1 saturated heterocycles. The number of pyridine rings is 1. The molecule has 7 heteroatoms. The van der Waals surface area contributed by atoms with Crippen LogP contribution in [0.4, 0.5) is 0 Å². The third kappa shape index (κ3) is 5.12. The molecule has 0 radical (unpaired) electrons. The summed E-state index contributed by atoms with van der Waals surface area (Å²) in [6.45, 7) is 7.07. The molecule has 3 rings (SSSR count). The molecule has 1 fully saturated rings. The number of aromatic nitrogens is 1. The monoisotopic (exact) mass is 496 g/mol. The molecule has 1 N–H and O–H groups in total. The van der Waals surface area contributed by atoms with E-state index in [0.717, 1.165) is 36.4 Å². The number of carbonyl (C=O) groups excluding carboxylic acids is 1. The minimum absolute atomic E-state index is 0. The van der Waals surface area contributed by atoms with Gasteiger partial charge in [-0.2, -0.15) is 0 Å². The number of rotatable bonds is 5. The van der Waals surface area contributed by atoms with Crippen molar-refractivity contribution in [3.05, 3.63) is 42.1 Å². The van der Waals surface area contributed by atoms with Crippen LogP contribution >= 0.6 is 24.0 Å². The number of hydrogen-bond acceptors (Lipinski definition) is 4. The first-order valence-electron chi connectivity index (χ1n) is 9.57. The molecule has 2 aromatic rings. The molecule has 2 heterocycles. The van der Waals surface area contributed by atoms with Gasteiger partial charge in [-0.1, -0.05) is 31.2 Å². The number of hydrogen-bond donors (Lipinski definition) is 1. The highest BCUT2D eigenvalue weighted by molar-refractivity contribution is 14.0. The number of ether oxygens (including phenoxy) is 1. The quantitative estimate of drug-likeness (QED) is 0.298. The molecule has 0 aliphatic carbocycles. The van der Waals surface area contributed by atoms with Crippen LogP contribution in [0.25, 0.3) is 10.9 Å². The Kier molecular flexibility index (Phi) is 8.47. The van der Waals surface area contributed by atoms with Crippen LogP contribution in [-0.2, 0) is 16.0 Å². The van der Waals surface area contributed by atoms with Crippen LogP contribution in [0.3, 0.4) is 0 Å². The highest BCUT2D eigenvalue weighted by Gasteiger charge is 2.36. The number of nitrogens with zero attached hydrogens (tertiary/aromatic N) is 3. The molecule has 0 bridgehead atoms. The molecule has 6 nitrogen and oxygen atoms in total. The zero-order valence-corrected chi connectivity index (χ0v) is 19.1. The van der Waals surface area contributed by atoms with Crippen molar-refractivity contribution in [3.63, 3.8) is 0 Å². The van der Waals surface area contributed by atoms with Crippen LogP contribution in [0.15, 0.2) is 41.5 Å². The molecule has 28 heavy (non-hydrogen) atoms. The van der Waals surface area contributed by atoms with Crippen LogP contribution in [0, 0.1) is 11.8 Å². The van der Waals surface area contributed by atoms with E-state index >= 15 is 0 Å². The lowest BCUT2D eigenvalue weighted by Crippen LogP contribution is -2.40. The van der Waals surface area contributed by atoms with Gasteiger partial charge in [0, 0.05) is 37.8 Å². The number of esters is 1. The third-order valence-corrected chi connectivity index (χ3v) is 5.11. The Balaban J connectivity index is 0.00000280. The Morgan fingerprint density at radius 3 is 2.86 bits per heavy atom. The molecule has 1 aromatic heterocycles. The molecule has 1 aliphatic heterocycles. The Hall–Kier alpha value is -1.90. The second-order valence-corrected chi connectivity index (χ2v) is 6.99. The standard InChI is InChI=1S/C21H28N4O2.HI/c1-4-22-21(25-13-15(2)18(14-25)20(26)27-3)24-12-10-17-8-5-7-16-9-6-11-23-19(16)17;/h5-9,11,15,18H,4,10,12-14H2,1-3H3,(H,22,24);1H. The van der Waals surface area contributed by atoms with E-state index in [4.69, 9.17) is 9.73 Å². The number of carbonyl (C=O) groups is 1. The second-order valence-electron chi connectivity index (χ2n) is 6.99. The van der Waals surface area contributed by atoms with Crippen molar-refractivity contribution in [1.29, 1.82) is 0 Å². The van der Waals surface area contributed by atoms with Crippen molar-refractivity contribution in [2.75, 3.05) is 33.3 Å². The summed E-state index contributed by atoms with van der Waals surface area (Å²) in [7, 11) is 1.45. The van der Waals surface area contributed by atoms with E-state index < -0.39 is 0 Å². The summed E-state index contributed by atoms with van der Waals surface area (Å²) in [6.07, 6.45) is 2.66. The van der Waals surface area contributed by atoms with Crippen molar-refractivity contribution in [2.45, 2.75) is 20.3 Å². The number of aliphatic imine (C=N–C) groups is 1. The maximum Gasteiger partial charge on any atom is 0.310 e. The molecular formula is C21H29IN4O2. The van der Waals surface area contributed by atoms with Crippen molar-refractivity contribution in [1.82, 2.24) is 15.2 Å². The van der Waals surface area contributed by atoms with Gasteiger partial charge >= 0.3 is 5.97 Å². The normalized spacial score (nSPS) is 19.4. The van der Waals surface area contributed by atoms with Gasteiger partial charge in [0.15, 0.2) is 5.96 Å². The first-order chi connectivity index (χ1) is 13.1. The first-order valence-corrected chi connectivity index (χ1v) is 9.57. The van der Waals surface area contributed by atoms with Crippen LogP contribution in [0.2, 0.25) is 0 Å². The number of methoxy groups -OCH3 is 1. The predicted molar refractivity (Wildman–Crippen MR) is 123 cm³/mol. The number of para-hydroxylation sites is 1.